The molecule has 0 fully saturated rings. The van der Waals surface area contributed by atoms with Crippen molar-refractivity contribution in [1.29, 1.82) is 0 Å². The summed E-state index contributed by atoms with van der Waals surface area (Å²) in [5.74, 6) is 0. The van der Waals surface area contributed by atoms with E-state index in [-0.39, 0.29) is 9.79 Å². The fourth-order valence-corrected chi connectivity index (χ4v) is 5.35. The largest absolute Gasteiger partial charge is 0.261 e. The van der Waals surface area contributed by atoms with Gasteiger partial charge < -0.3 is 0 Å². The Balaban J connectivity index is 2.15. The summed E-state index contributed by atoms with van der Waals surface area (Å²) >= 11 is 0. The predicted molar refractivity (Wildman–Crippen MR) is 93.8 cm³/mol. The van der Waals surface area contributed by atoms with Crippen molar-refractivity contribution in [2.75, 3.05) is 0 Å². The first kappa shape index (κ1) is 17.7. The van der Waals surface area contributed by atoms with Gasteiger partial charge >= 0.3 is 0 Å². The highest BCUT2D eigenvalue weighted by Gasteiger charge is 2.20. The van der Waals surface area contributed by atoms with Crippen molar-refractivity contribution < 1.29 is 16.8 Å². The molecular weight excluding hydrogens is 391 g/mol. The lowest BCUT2D eigenvalue weighted by molar-refractivity contribution is 0.605. The summed E-state index contributed by atoms with van der Waals surface area (Å²) in [5.41, 5.74) is 2.79. The lowest BCUT2D eigenvalue weighted by Crippen LogP contribution is -2.07. The molecule has 4 bridgehead atoms. The number of hydrogen-bond acceptors (Lipinski definition) is 4. The van der Waals surface area contributed by atoms with Gasteiger partial charge in [0.2, 0.25) is 0 Å². The van der Waals surface area contributed by atoms with Crippen LogP contribution in [-0.4, -0.2) is 16.8 Å². The highest BCUT2D eigenvalue weighted by Crippen LogP contribution is 2.28. The van der Waals surface area contributed by atoms with E-state index in [0.717, 1.165) is 11.1 Å². The van der Waals surface area contributed by atoms with Crippen LogP contribution >= 0.6 is 21.4 Å². The van der Waals surface area contributed by atoms with Crippen LogP contribution in [0.5, 0.6) is 0 Å². The maximum absolute atomic E-state index is 11.9. The second-order valence-electron chi connectivity index (χ2n) is 5.76. The van der Waals surface area contributed by atoms with Gasteiger partial charge in [-0.2, -0.15) is 0 Å². The number of benzene rings is 2. The molecule has 0 radical (unpaired) electrons. The third-order valence-electron chi connectivity index (χ3n) is 4.15. The molecule has 8 heteroatoms. The highest BCUT2D eigenvalue weighted by molar-refractivity contribution is 8.14. The van der Waals surface area contributed by atoms with Crippen molar-refractivity contribution in [2.45, 2.75) is 35.5 Å². The van der Waals surface area contributed by atoms with Gasteiger partial charge in [0.05, 0.1) is 9.79 Å². The van der Waals surface area contributed by atoms with Gasteiger partial charge in [-0.25, -0.2) is 16.8 Å². The average molecular weight is 405 g/mol. The first-order valence-corrected chi connectivity index (χ1v) is 11.9. The molecule has 0 atom stereocenters. The van der Waals surface area contributed by atoms with Gasteiger partial charge in [0.25, 0.3) is 18.1 Å². The van der Waals surface area contributed by atoms with E-state index in [1.165, 1.54) is 0 Å². The van der Waals surface area contributed by atoms with Gasteiger partial charge in [-0.05, 0) is 60.1 Å². The topological polar surface area (TPSA) is 68.3 Å². The summed E-state index contributed by atoms with van der Waals surface area (Å²) < 4.78 is 47.4. The van der Waals surface area contributed by atoms with Gasteiger partial charge in [-0.3, -0.25) is 0 Å². The standard InChI is InChI=1S/C16H14Cl2O4S2/c17-23(19,20)15-9-11-1-2-12-4-6-14(8-7-13(15)5-3-11)16(10-12)24(18,21)22/h3-6,9-10H,1-2,7-8H2. The van der Waals surface area contributed by atoms with Crippen molar-refractivity contribution in [3.05, 3.63) is 58.7 Å². The van der Waals surface area contributed by atoms with Gasteiger partial charge in [0, 0.05) is 21.4 Å². The van der Waals surface area contributed by atoms with Crippen LogP contribution < -0.4 is 0 Å². The zero-order valence-electron chi connectivity index (χ0n) is 12.5. The lowest BCUT2D eigenvalue weighted by Gasteiger charge is -2.14. The molecule has 6 rings (SSSR count). The molecule has 0 N–H and O–H groups in total. The number of aryl methyl sites for hydroxylation is 4. The lowest BCUT2D eigenvalue weighted by atomic mass is 9.96. The van der Waals surface area contributed by atoms with Crippen LogP contribution in [0.25, 0.3) is 0 Å². The van der Waals surface area contributed by atoms with E-state index in [9.17, 15) is 16.8 Å². The smallest absolute Gasteiger partial charge is 0.207 e. The summed E-state index contributed by atoms with van der Waals surface area (Å²) in [5, 5.41) is 0. The van der Waals surface area contributed by atoms with E-state index in [1.807, 2.05) is 12.1 Å². The molecule has 2 aromatic carbocycles. The summed E-state index contributed by atoms with van der Waals surface area (Å²) in [6, 6.07) is 10.5. The zero-order chi connectivity index (χ0) is 17.5. The molecule has 0 spiro atoms. The second-order valence-corrected chi connectivity index (χ2v) is 10.8. The van der Waals surface area contributed by atoms with Crippen molar-refractivity contribution in [2.24, 2.45) is 0 Å². The highest BCUT2D eigenvalue weighted by atomic mass is 35.7. The molecule has 0 saturated heterocycles. The molecule has 0 aliphatic heterocycles. The van der Waals surface area contributed by atoms with Crippen molar-refractivity contribution in [3.63, 3.8) is 0 Å². The Morgan fingerprint density at radius 3 is 1.33 bits per heavy atom. The van der Waals surface area contributed by atoms with Crippen LogP contribution in [0.4, 0.5) is 0 Å². The molecule has 4 aliphatic rings. The third kappa shape index (κ3) is 3.77. The minimum atomic E-state index is -3.87. The van der Waals surface area contributed by atoms with Crippen LogP contribution in [0.3, 0.4) is 0 Å². The molecule has 0 saturated carbocycles. The average Bonchev–Trinajstić information content (AvgIpc) is 2.47. The fourth-order valence-electron chi connectivity index (χ4n) is 2.93. The zero-order valence-corrected chi connectivity index (χ0v) is 15.6. The van der Waals surface area contributed by atoms with Crippen LogP contribution in [0.15, 0.2) is 46.2 Å². The molecular formula is C16H14Cl2O4S2. The van der Waals surface area contributed by atoms with E-state index in [1.54, 1.807) is 24.3 Å². The van der Waals surface area contributed by atoms with Crippen LogP contribution in [0.2, 0.25) is 0 Å². The van der Waals surface area contributed by atoms with E-state index in [0.29, 0.717) is 36.8 Å². The van der Waals surface area contributed by atoms with Crippen molar-refractivity contribution in [1.82, 2.24) is 0 Å². The Morgan fingerprint density at radius 2 is 1.00 bits per heavy atom. The normalized spacial score (nSPS) is 15.1. The van der Waals surface area contributed by atoms with Crippen molar-refractivity contribution in [3.8, 4) is 0 Å². The van der Waals surface area contributed by atoms with E-state index >= 15 is 0 Å². The SMILES string of the molecule is O=S(=O)(Cl)c1cc2ccc1CCc1ccc(cc1S(=O)(=O)Cl)CC2. The van der Waals surface area contributed by atoms with Gasteiger partial charge in [0.15, 0.2) is 0 Å². The summed E-state index contributed by atoms with van der Waals surface area (Å²) in [7, 11) is 3.38. The minimum Gasteiger partial charge on any atom is -0.207 e. The third-order valence-corrected chi connectivity index (χ3v) is 6.96. The Hall–Kier alpha value is -1.08. The maximum Gasteiger partial charge on any atom is 0.261 e. The number of hydrogen-bond donors (Lipinski definition) is 0. The molecule has 0 aromatic heterocycles. The number of rotatable bonds is 2. The summed E-state index contributed by atoms with van der Waals surface area (Å²) in [4.78, 5) is 0.180. The van der Waals surface area contributed by atoms with E-state index in [2.05, 4.69) is 0 Å². The molecule has 4 aliphatic carbocycles. The Bertz CT molecular complexity index is 929. The molecule has 0 heterocycles. The fraction of sp³-hybridized carbons (Fsp3) is 0.250. The first-order chi connectivity index (χ1) is 11.1. The van der Waals surface area contributed by atoms with Crippen molar-refractivity contribution >= 4 is 39.5 Å². The maximum atomic E-state index is 11.9. The van der Waals surface area contributed by atoms with Gasteiger partial charge in [0.1, 0.15) is 0 Å². The summed E-state index contributed by atoms with van der Waals surface area (Å²) in [6.45, 7) is 0. The Morgan fingerprint density at radius 1 is 0.625 bits per heavy atom. The minimum absolute atomic E-state index is 0.0898. The van der Waals surface area contributed by atoms with Crippen LogP contribution in [0, 0.1) is 0 Å². The number of halogens is 2. The Kier molecular flexibility index (Phi) is 4.68. The van der Waals surface area contributed by atoms with Crippen LogP contribution in [-0.2, 0) is 43.8 Å². The van der Waals surface area contributed by atoms with E-state index in [4.69, 9.17) is 21.4 Å². The molecule has 2 aromatic rings. The monoisotopic (exact) mass is 404 g/mol. The van der Waals surface area contributed by atoms with Crippen LogP contribution in [0.1, 0.15) is 22.3 Å². The second kappa shape index (κ2) is 6.33. The first-order valence-electron chi connectivity index (χ1n) is 7.27. The molecule has 128 valence electrons. The van der Waals surface area contributed by atoms with Gasteiger partial charge in [-0.1, -0.05) is 24.3 Å². The predicted octanol–water partition coefficient (Wildman–Crippen LogP) is 3.43. The quantitative estimate of drug-likeness (QED) is 0.718. The molecule has 24 heavy (non-hydrogen) atoms. The Labute approximate surface area is 150 Å². The molecule has 4 nitrogen and oxygen atoms in total. The molecule has 0 unspecified atom stereocenters. The van der Waals surface area contributed by atoms with E-state index < -0.39 is 18.1 Å². The molecule has 0 amide bonds. The van der Waals surface area contributed by atoms with Gasteiger partial charge in [-0.15, -0.1) is 0 Å². The summed E-state index contributed by atoms with van der Waals surface area (Å²) in [6.07, 6.45) is 1.84.